The van der Waals surface area contributed by atoms with Crippen molar-refractivity contribution >= 4 is 29.0 Å². The molecule has 9 nitrogen and oxygen atoms in total. The number of carbonyl (C=O) groups is 1. The molecule has 0 fully saturated rings. The number of halogens is 3. The summed E-state index contributed by atoms with van der Waals surface area (Å²) in [6.45, 7) is 3.38. The third-order valence-corrected chi connectivity index (χ3v) is 5.46. The number of aromatic nitrogens is 3. The highest BCUT2D eigenvalue weighted by atomic mass is 32.2. The molecular weight excluding hydrogens is 449 g/mol. The lowest BCUT2D eigenvalue weighted by Gasteiger charge is -2.16. The zero-order valence-corrected chi connectivity index (χ0v) is 17.6. The molecule has 1 unspecified atom stereocenters. The van der Waals surface area contributed by atoms with Crippen molar-refractivity contribution in [3.8, 4) is 11.4 Å². The molecule has 32 heavy (non-hydrogen) atoms. The minimum absolute atomic E-state index is 0.183. The zero-order valence-electron chi connectivity index (χ0n) is 16.8. The van der Waals surface area contributed by atoms with E-state index >= 15 is 0 Å². The first kappa shape index (κ1) is 23.1. The Morgan fingerprint density at radius 2 is 1.88 bits per heavy atom. The van der Waals surface area contributed by atoms with Crippen LogP contribution in [-0.2, 0) is 11.0 Å². The SMILES string of the molecule is Cc1ccc(-c2nnc(SC(C)C(=O)Nc3ccc([N+](=O)[O-])cc3C(F)(F)F)n2N)cc1. The highest BCUT2D eigenvalue weighted by Crippen LogP contribution is 2.37. The number of amides is 1. The number of benzene rings is 2. The van der Waals surface area contributed by atoms with Gasteiger partial charge in [0, 0.05) is 17.7 Å². The molecular formula is C19H17F3N6O3S. The first-order valence-electron chi connectivity index (χ1n) is 9.08. The van der Waals surface area contributed by atoms with Gasteiger partial charge in [-0.2, -0.15) is 13.2 Å². The van der Waals surface area contributed by atoms with E-state index < -0.39 is 39.2 Å². The number of nitrogens with one attached hydrogen (secondary N) is 1. The zero-order chi connectivity index (χ0) is 23.6. The van der Waals surface area contributed by atoms with E-state index in [0.29, 0.717) is 17.5 Å². The van der Waals surface area contributed by atoms with Gasteiger partial charge in [-0.3, -0.25) is 14.9 Å². The Bertz CT molecular complexity index is 1160. The molecule has 3 N–H and O–H groups in total. The third-order valence-electron chi connectivity index (χ3n) is 4.40. The lowest BCUT2D eigenvalue weighted by molar-refractivity contribution is -0.385. The average molecular weight is 466 g/mol. The summed E-state index contributed by atoms with van der Waals surface area (Å²) in [6.07, 6.45) is -4.90. The second-order valence-corrected chi connectivity index (χ2v) is 8.08. The lowest BCUT2D eigenvalue weighted by atomic mass is 10.1. The molecule has 1 aromatic heterocycles. The molecule has 3 aromatic rings. The van der Waals surface area contributed by atoms with Crippen LogP contribution < -0.4 is 11.2 Å². The van der Waals surface area contributed by atoms with Crippen LogP contribution in [0.1, 0.15) is 18.1 Å². The summed E-state index contributed by atoms with van der Waals surface area (Å²) in [5, 5.41) is 20.2. The number of nitro groups is 1. The van der Waals surface area contributed by atoms with Crippen LogP contribution in [0.5, 0.6) is 0 Å². The molecule has 0 aliphatic heterocycles. The summed E-state index contributed by atoms with van der Waals surface area (Å²) in [6, 6.07) is 9.45. The van der Waals surface area contributed by atoms with Crippen molar-refractivity contribution in [3.05, 3.63) is 63.7 Å². The summed E-state index contributed by atoms with van der Waals surface area (Å²) in [5.74, 6) is 5.61. The summed E-state index contributed by atoms with van der Waals surface area (Å²) in [4.78, 5) is 22.4. The van der Waals surface area contributed by atoms with Gasteiger partial charge in [0.2, 0.25) is 11.1 Å². The van der Waals surface area contributed by atoms with Gasteiger partial charge in [0.05, 0.1) is 21.4 Å². The number of nitrogen functional groups attached to an aromatic ring is 1. The average Bonchev–Trinajstić information content (AvgIpc) is 3.08. The van der Waals surface area contributed by atoms with Gasteiger partial charge in [-0.15, -0.1) is 10.2 Å². The van der Waals surface area contributed by atoms with Crippen LogP contribution in [0.15, 0.2) is 47.6 Å². The number of aryl methyl sites for hydroxylation is 1. The van der Waals surface area contributed by atoms with Crippen LogP contribution in [-0.4, -0.2) is 31.0 Å². The van der Waals surface area contributed by atoms with Crippen LogP contribution >= 0.6 is 11.8 Å². The Balaban J connectivity index is 1.78. The molecule has 0 aliphatic carbocycles. The predicted molar refractivity (Wildman–Crippen MR) is 112 cm³/mol. The quantitative estimate of drug-likeness (QED) is 0.243. The number of non-ortho nitro benzene ring substituents is 1. The first-order chi connectivity index (χ1) is 15.0. The molecule has 0 saturated heterocycles. The number of nitro benzene ring substituents is 1. The fourth-order valence-corrected chi connectivity index (χ4v) is 3.46. The van der Waals surface area contributed by atoms with Gasteiger partial charge in [-0.25, -0.2) is 4.68 Å². The van der Waals surface area contributed by atoms with E-state index in [1.54, 1.807) is 12.1 Å². The molecule has 13 heteroatoms. The number of thioether (sulfide) groups is 1. The Kier molecular flexibility index (Phi) is 6.39. The number of nitrogens with zero attached hydrogens (tertiary/aromatic N) is 4. The molecule has 1 heterocycles. The highest BCUT2D eigenvalue weighted by Gasteiger charge is 2.36. The van der Waals surface area contributed by atoms with Crippen molar-refractivity contribution in [3.63, 3.8) is 0 Å². The number of nitrogens with two attached hydrogens (primary N) is 1. The van der Waals surface area contributed by atoms with Gasteiger partial charge in [0.25, 0.3) is 5.69 Å². The summed E-state index contributed by atoms with van der Waals surface area (Å²) >= 11 is 0.900. The minimum atomic E-state index is -4.90. The maximum atomic E-state index is 13.3. The van der Waals surface area contributed by atoms with Gasteiger partial charge in [0.15, 0.2) is 5.82 Å². The summed E-state index contributed by atoms with van der Waals surface area (Å²) in [5.41, 5.74) is -0.898. The van der Waals surface area contributed by atoms with Crippen LogP contribution in [0, 0.1) is 17.0 Å². The first-order valence-corrected chi connectivity index (χ1v) is 9.96. The monoisotopic (exact) mass is 466 g/mol. The van der Waals surface area contributed by atoms with Gasteiger partial charge in [-0.05, 0) is 19.9 Å². The number of rotatable bonds is 6. The Labute approximate surface area is 183 Å². The molecule has 2 aromatic carbocycles. The maximum Gasteiger partial charge on any atom is 0.418 e. The van der Waals surface area contributed by atoms with Crippen LogP contribution in [0.25, 0.3) is 11.4 Å². The standard InChI is InChI=1S/C19H17F3N6O3S/c1-10-3-5-12(6-4-10)16-25-26-18(27(16)23)32-11(2)17(29)24-15-8-7-13(28(30)31)9-14(15)19(20,21)22/h3-9,11H,23H2,1-2H3,(H,24,29). The lowest BCUT2D eigenvalue weighted by Crippen LogP contribution is -2.25. The second-order valence-electron chi connectivity index (χ2n) is 6.78. The van der Waals surface area contributed by atoms with Crippen molar-refractivity contribution in [1.29, 1.82) is 0 Å². The number of alkyl halides is 3. The van der Waals surface area contributed by atoms with Crippen molar-refractivity contribution in [2.24, 2.45) is 0 Å². The summed E-state index contributed by atoms with van der Waals surface area (Å²) in [7, 11) is 0. The maximum absolute atomic E-state index is 13.3. The molecule has 0 radical (unpaired) electrons. The Morgan fingerprint density at radius 3 is 2.47 bits per heavy atom. The van der Waals surface area contributed by atoms with E-state index in [1.165, 1.54) is 11.6 Å². The van der Waals surface area contributed by atoms with Crippen molar-refractivity contribution in [1.82, 2.24) is 14.9 Å². The van der Waals surface area contributed by atoms with Crippen molar-refractivity contribution in [2.45, 2.75) is 30.4 Å². The van der Waals surface area contributed by atoms with E-state index in [9.17, 15) is 28.1 Å². The van der Waals surface area contributed by atoms with E-state index in [2.05, 4.69) is 15.5 Å². The van der Waals surface area contributed by atoms with Crippen LogP contribution in [0.2, 0.25) is 0 Å². The smallest absolute Gasteiger partial charge is 0.335 e. The highest BCUT2D eigenvalue weighted by molar-refractivity contribution is 8.00. The van der Waals surface area contributed by atoms with E-state index in [-0.39, 0.29) is 5.16 Å². The van der Waals surface area contributed by atoms with E-state index in [4.69, 9.17) is 5.84 Å². The fourth-order valence-electron chi connectivity index (χ4n) is 2.69. The largest absolute Gasteiger partial charge is 0.418 e. The summed E-state index contributed by atoms with van der Waals surface area (Å²) < 4.78 is 41.1. The molecule has 0 saturated carbocycles. The number of anilines is 1. The normalized spacial score (nSPS) is 12.4. The Morgan fingerprint density at radius 1 is 1.22 bits per heavy atom. The van der Waals surface area contributed by atoms with Crippen LogP contribution in [0.3, 0.4) is 0 Å². The van der Waals surface area contributed by atoms with E-state index in [0.717, 1.165) is 29.5 Å². The van der Waals surface area contributed by atoms with E-state index in [1.807, 2.05) is 19.1 Å². The molecule has 1 amide bonds. The molecule has 1 atom stereocenters. The number of hydrogen-bond donors (Lipinski definition) is 2. The molecule has 0 spiro atoms. The fraction of sp³-hybridized carbons (Fsp3) is 0.211. The minimum Gasteiger partial charge on any atom is -0.335 e. The number of hydrogen-bond acceptors (Lipinski definition) is 7. The predicted octanol–water partition coefficient (Wildman–Crippen LogP) is 4.01. The third kappa shape index (κ3) is 4.99. The van der Waals surface area contributed by atoms with Gasteiger partial charge in [0.1, 0.15) is 0 Å². The number of carbonyl (C=O) groups excluding carboxylic acids is 1. The Hall–Kier alpha value is -3.61. The molecule has 0 bridgehead atoms. The molecule has 3 rings (SSSR count). The molecule has 0 aliphatic rings. The van der Waals surface area contributed by atoms with Crippen LogP contribution in [0.4, 0.5) is 24.5 Å². The second kappa shape index (κ2) is 8.86. The van der Waals surface area contributed by atoms with Gasteiger partial charge in [-0.1, -0.05) is 41.6 Å². The molecule has 168 valence electrons. The van der Waals surface area contributed by atoms with Gasteiger partial charge < -0.3 is 11.2 Å². The van der Waals surface area contributed by atoms with Gasteiger partial charge >= 0.3 is 6.18 Å². The van der Waals surface area contributed by atoms with Crippen molar-refractivity contribution in [2.75, 3.05) is 11.2 Å². The van der Waals surface area contributed by atoms with Crippen molar-refractivity contribution < 1.29 is 22.9 Å². The topological polar surface area (TPSA) is 129 Å².